The molecule has 0 aliphatic rings. The predicted molar refractivity (Wildman–Crippen MR) is 89.0 cm³/mol. The van der Waals surface area contributed by atoms with Crippen LogP contribution in [-0.4, -0.2) is 13.2 Å². The average molecular weight is 283 g/mol. The van der Waals surface area contributed by atoms with Crippen molar-refractivity contribution < 1.29 is 4.74 Å². The fourth-order valence-corrected chi connectivity index (χ4v) is 2.53. The molecule has 0 spiro atoms. The van der Waals surface area contributed by atoms with Crippen LogP contribution < -0.4 is 10.1 Å². The lowest BCUT2D eigenvalue weighted by molar-refractivity contribution is 0.339. The van der Waals surface area contributed by atoms with Crippen molar-refractivity contribution >= 4 is 0 Å². The van der Waals surface area contributed by atoms with Gasteiger partial charge in [-0.2, -0.15) is 0 Å². The molecule has 0 saturated heterocycles. The first-order valence-electron chi connectivity index (χ1n) is 7.69. The summed E-state index contributed by atoms with van der Waals surface area (Å²) in [6, 6.07) is 15.2. The number of hydrogen-bond acceptors (Lipinski definition) is 2. The Hall–Kier alpha value is -1.80. The molecule has 2 heteroatoms. The number of benzene rings is 2. The molecule has 0 fully saturated rings. The van der Waals surface area contributed by atoms with Gasteiger partial charge in [0.05, 0.1) is 12.6 Å². The van der Waals surface area contributed by atoms with Crippen LogP contribution in [0.25, 0.3) is 0 Å². The molecule has 0 aromatic heterocycles. The Balaban J connectivity index is 2.37. The average Bonchev–Trinajstić information content (AvgIpc) is 2.48. The second-order valence-electron chi connectivity index (χ2n) is 5.34. The van der Waals surface area contributed by atoms with Crippen molar-refractivity contribution in [3.8, 4) is 5.75 Å². The first-order valence-corrected chi connectivity index (χ1v) is 7.69. The zero-order valence-corrected chi connectivity index (χ0v) is 13.4. The van der Waals surface area contributed by atoms with Gasteiger partial charge in [0, 0.05) is 0 Å². The molecule has 0 aliphatic carbocycles. The highest BCUT2D eigenvalue weighted by Gasteiger charge is 2.14. The molecule has 0 saturated carbocycles. The van der Waals surface area contributed by atoms with E-state index in [0.29, 0.717) is 6.61 Å². The van der Waals surface area contributed by atoms with Crippen molar-refractivity contribution in [2.24, 2.45) is 0 Å². The number of nitrogens with one attached hydrogen (secondary N) is 1. The van der Waals surface area contributed by atoms with Crippen LogP contribution in [0.3, 0.4) is 0 Å². The minimum Gasteiger partial charge on any atom is -0.494 e. The molecule has 21 heavy (non-hydrogen) atoms. The molecule has 1 atom stereocenters. The SMILES string of the molecule is CCNC(c1cccc(OCC)c1)c1ccc(C)c(C)c1. The molecule has 2 nitrogen and oxygen atoms in total. The lowest BCUT2D eigenvalue weighted by Crippen LogP contribution is -2.22. The normalized spacial score (nSPS) is 12.2. The second kappa shape index (κ2) is 7.28. The molecule has 0 heterocycles. The smallest absolute Gasteiger partial charge is 0.119 e. The molecular formula is C19H25NO. The van der Waals surface area contributed by atoms with Crippen LogP contribution in [0.4, 0.5) is 0 Å². The van der Waals surface area contributed by atoms with E-state index in [1.54, 1.807) is 0 Å². The maximum atomic E-state index is 5.63. The molecule has 0 amide bonds. The van der Waals surface area contributed by atoms with E-state index in [0.717, 1.165) is 12.3 Å². The lowest BCUT2D eigenvalue weighted by atomic mass is 9.95. The Morgan fingerprint density at radius 3 is 2.38 bits per heavy atom. The monoisotopic (exact) mass is 283 g/mol. The van der Waals surface area contributed by atoms with Gasteiger partial charge in [0.25, 0.3) is 0 Å². The minimum absolute atomic E-state index is 0.203. The maximum Gasteiger partial charge on any atom is 0.119 e. The zero-order chi connectivity index (χ0) is 15.2. The molecule has 2 rings (SSSR count). The second-order valence-corrected chi connectivity index (χ2v) is 5.34. The molecule has 0 bridgehead atoms. The summed E-state index contributed by atoms with van der Waals surface area (Å²) in [4.78, 5) is 0. The fourth-order valence-electron chi connectivity index (χ4n) is 2.53. The molecule has 2 aromatic rings. The summed E-state index contributed by atoms with van der Waals surface area (Å²) in [5.74, 6) is 0.932. The quantitative estimate of drug-likeness (QED) is 0.848. The van der Waals surface area contributed by atoms with Crippen molar-refractivity contribution in [3.63, 3.8) is 0 Å². The molecule has 112 valence electrons. The Labute approximate surface area is 128 Å². The Morgan fingerprint density at radius 2 is 1.71 bits per heavy atom. The molecule has 0 radical (unpaired) electrons. The number of ether oxygens (including phenoxy) is 1. The van der Waals surface area contributed by atoms with Gasteiger partial charge in [-0.25, -0.2) is 0 Å². The summed E-state index contributed by atoms with van der Waals surface area (Å²) >= 11 is 0. The van der Waals surface area contributed by atoms with Crippen LogP contribution >= 0.6 is 0 Å². The summed E-state index contributed by atoms with van der Waals surface area (Å²) in [7, 11) is 0. The van der Waals surface area contributed by atoms with E-state index < -0.39 is 0 Å². The zero-order valence-electron chi connectivity index (χ0n) is 13.4. The third-order valence-electron chi connectivity index (χ3n) is 3.77. The van der Waals surface area contributed by atoms with Crippen molar-refractivity contribution in [1.82, 2.24) is 5.32 Å². The Kier molecular flexibility index (Phi) is 5.40. The van der Waals surface area contributed by atoms with Gasteiger partial charge < -0.3 is 10.1 Å². The summed E-state index contributed by atoms with van der Waals surface area (Å²) in [6.45, 7) is 10.1. The van der Waals surface area contributed by atoms with E-state index in [1.165, 1.54) is 22.3 Å². The Morgan fingerprint density at radius 1 is 0.952 bits per heavy atom. The van der Waals surface area contributed by atoms with Crippen LogP contribution in [0.2, 0.25) is 0 Å². The number of rotatable bonds is 6. The van der Waals surface area contributed by atoms with Crippen LogP contribution in [0.5, 0.6) is 5.75 Å². The predicted octanol–water partition coefficient (Wildman–Crippen LogP) is 4.40. The highest BCUT2D eigenvalue weighted by Crippen LogP contribution is 2.26. The van der Waals surface area contributed by atoms with Gasteiger partial charge in [-0.05, 0) is 61.7 Å². The van der Waals surface area contributed by atoms with Crippen LogP contribution in [0.1, 0.15) is 42.1 Å². The maximum absolute atomic E-state index is 5.63. The highest BCUT2D eigenvalue weighted by molar-refractivity contribution is 5.39. The molecule has 0 aliphatic heterocycles. The van der Waals surface area contributed by atoms with Gasteiger partial charge in [0.1, 0.15) is 5.75 Å². The van der Waals surface area contributed by atoms with Gasteiger partial charge in [-0.1, -0.05) is 37.3 Å². The van der Waals surface area contributed by atoms with Gasteiger partial charge in [-0.3, -0.25) is 0 Å². The van der Waals surface area contributed by atoms with Gasteiger partial charge in [0.15, 0.2) is 0 Å². The van der Waals surface area contributed by atoms with Gasteiger partial charge in [0.2, 0.25) is 0 Å². The van der Waals surface area contributed by atoms with Crippen molar-refractivity contribution in [3.05, 3.63) is 64.7 Å². The Bertz CT molecular complexity index is 592. The van der Waals surface area contributed by atoms with Crippen molar-refractivity contribution in [2.45, 2.75) is 33.7 Å². The van der Waals surface area contributed by atoms with E-state index >= 15 is 0 Å². The topological polar surface area (TPSA) is 21.3 Å². The fraction of sp³-hybridized carbons (Fsp3) is 0.368. The standard InChI is InChI=1S/C19H25NO/c1-5-20-19(17-11-10-14(3)15(4)12-17)16-8-7-9-18(13-16)21-6-2/h7-13,19-20H,5-6H2,1-4H3. The summed E-state index contributed by atoms with van der Waals surface area (Å²) < 4.78 is 5.63. The summed E-state index contributed by atoms with van der Waals surface area (Å²) in [5, 5.41) is 3.58. The lowest BCUT2D eigenvalue weighted by Gasteiger charge is -2.20. The molecule has 1 unspecified atom stereocenters. The van der Waals surface area contributed by atoms with E-state index in [-0.39, 0.29) is 6.04 Å². The number of aryl methyl sites for hydroxylation is 2. The third kappa shape index (κ3) is 3.85. The van der Waals surface area contributed by atoms with Crippen LogP contribution in [0.15, 0.2) is 42.5 Å². The number of hydrogen-bond donors (Lipinski definition) is 1. The van der Waals surface area contributed by atoms with Crippen molar-refractivity contribution in [2.75, 3.05) is 13.2 Å². The van der Waals surface area contributed by atoms with Crippen LogP contribution in [-0.2, 0) is 0 Å². The van der Waals surface area contributed by atoms with Gasteiger partial charge >= 0.3 is 0 Å². The third-order valence-corrected chi connectivity index (χ3v) is 3.77. The van der Waals surface area contributed by atoms with Gasteiger partial charge in [-0.15, -0.1) is 0 Å². The summed E-state index contributed by atoms with van der Waals surface area (Å²) in [6.07, 6.45) is 0. The first-order chi connectivity index (χ1) is 10.2. The van der Waals surface area contributed by atoms with Crippen LogP contribution in [0, 0.1) is 13.8 Å². The van der Waals surface area contributed by atoms with E-state index in [2.05, 4.69) is 62.5 Å². The van der Waals surface area contributed by atoms with E-state index in [1.807, 2.05) is 13.0 Å². The van der Waals surface area contributed by atoms with Crippen molar-refractivity contribution in [1.29, 1.82) is 0 Å². The largest absolute Gasteiger partial charge is 0.494 e. The molecule has 1 N–H and O–H groups in total. The first kappa shape index (κ1) is 15.6. The van der Waals surface area contributed by atoms with E-state index in [4.69, 9.17) is 4.74 Å². The van der Waals surface area contributed by atoms with E-state index in [9.17, 15) is 0 Å². The molecule has 2 aromatic carbocycles. The summed E-state index contributed by atoms with van der Waals surface area (Å²) in [5.41, 5.74) is 5.20. The minimum atomic E-state index is 0.203. The molecular weight excluding hydrogens is 258 g/mol. The highest BCUT2D eigenvalue weighted by atomic mass is 16.5.